The van der Waals surface area contributed by atoms with E-state index in [1.807, 2.05) is 13.0 Å². The molecule has 3 aromatic rings. The second-order valence-electron chi connectivity index (χ2n) is 8.95. The van der Waals surface area contributed by atoms with Crippen molar-refractivity contribution < 1.29 is 14.3 Å². The molecule has 1 unspecified atom stereocenters. The minimum atomic E-state index is -1.15. The Morgan fingerprint density at radius 3 is 2.03 bits per heavy atom. The first-order valence-corrected chi connectivity index (χ1v) is 13.0. The van der Waals surface area contributed by atoms with E-state index in [4.69, 9.17) is 9.47 Å². The van der Waals surface area contributed by atoms with E-state index in [2.05, 4.69) is 79.7 Å². The summed E-state index contributed by atoms with van der Waals surface area (Å²) in [6.45, 7) is 16.8. The number of fused-ring (bicyclic) bond motifs is 1. The molecular formula is C30H37N3O3. The van der Waals surface area contributed by atoms with Gasteiger partial charge in [0.1, 0.15) is 5.75 Å². The topological polar surface area (TPSA) is 54.9 Å². The van der Waals surface area contributed by atoms with Crippen LogP contribution in [-0.2, 0) is 10.3 Å². The van der Waals surface area contributed by atoms with E-state index >= 15 is 0 Å². The normalized spacial score (nSPS) is 16.4. The largest absolute Gasteiger partial charge is 0.493 e. The van der Waals surface area contributed by atoms with Crippen molar-refractivity contribution in [2.45, 2.75) is 47.1 Å². The minimum absolute atomic E-state index is 0.352. The summed E-state index contributed by atoms with van der Waals surface area (Å²) < 4.78 is 12.6. The number of anilines is 2. The molecule has 0 N–H and O–H groups in total. The Morgan fingerprint density at radius 1 is 0.833 bits per heavy atom. The van der Waals surface area contributed by atoms with Crippen molar-refractivity contribution in [2.75, 3.05) is 42.6 Å². The van der Waals surface area contributed by atoms with E-state index in [0.29, 0.717) is 17.9 Å². The lowest BCUT2D eigenvalue weighted by atomic mass is 9.78. The second-order valence-corrected chi connectivity index (χ2v) is 8.95. The lowest BCUT2D eigenvalue weighted by Gasteiger charge is -2.34. The summed E-state index contributed by atoms with van der Waals surface area (Å²) in [5.74, 6) is 0.355. The molecule has 1 aliphatic rings. The highest BCUT2D eigenvalue weighted by molar-refractivity contribution is 5.96. The molecule has 6 nitrogen and oxygen atoms in total. The standard InChI is InChI=1S/C30H37N3O3/c1-7-32(8-2)22-12-14-25(21(6)18-22)30(27-20-31-17-16-24(27)29(34)36-30)26-15-13-23(33(9-3)10-4)19-28(26)35-11-5/h12-20H,7-11H2,1-6H3. The molecule has 190 valence electrons. The van der Waals surface area contributed by atoms with Gasteiger partial charge in [-0.2, -0.15) is 0 Å². The van der Waals surface area contributed by atoms with Gasteiger partial charge in [-0.1, -0.05) is 6.07 Å². The molecule has 0 bridgehead atoms. The SMILES string of the molecule is CCOc1cc(N(CC)CC)ccc1C1(c2ccc(N(CC)CC)cc2C)OC(=O)c2ccncc21. The number of benzene rings is 2. The van der Waals surface area contributed by atoms with Gasteiger partial charge in [-0.3, -0.25) is 4.98 Å². The van der Waals surface area contributed by atoms with E-state index in [-0.39, 0.29) is 5.97 Å². The fourth-order valence-corrected chi connectivity index (χ4v) is 5.34. The molecule has 0 spiro atoms. The summed E-state index contributed by atoms with van der Waals surface area (Å²) in [6, 6.07) is 14.3. The highest BCUT2D eigenvalue weighted by atomic mass is 16.6. The molecule has 1 aliphatic heterocycles. The quantitative estimate of drug-likeness (QED) is 0.330. The number of nitrogens with zero attached hydrogens (tertiary/aromatic N) is 3. The van der Waals surface area contributed by atoms with Crippen molar-refractivity contribution >= 4 is 17.3 Å². The maximum Gasteiger partial charge on any atom is 0.340 e. The van der Waals surface area contributed by atoms with Crippen LogP contribution in [0.15, 0.2) is 54.9 Å². The zero-order valence-electron chi connectivity index (χ0n) is 22.3. The summed E-state index contributed by atoms with van der Waals surface area (Å²) in [6.07, 6.45) is 3.39. The van der Waals surface area contributed by atoms with Crippen LogP contribution in [0.4, 0.5) is 11.4 Å². The highest BCUT2D eigenvalue weighted by Gasteiger charge is 2.51. The van der Waals surface area contributed by atoms with Crippen LogP contribution in [-0.4, -0.2) is 43.7 Å². The second kappa shape index (κ2) is 10.6. The van der Waals surface area contributed by atoms with Crippen molar-refractivity contribution in [2.24, 2.45) is 0 Å². The molecule has 1 atom stereocenters. The summed E-state index contributed by atoms with van der Waals surface area (Å²) in [5.41, 5.74) is 5.10. The molecule has 6 heteroatoms. The maximum absolute atomic E-state index is 13.2. The lowest BCUT2D eigenvalue weighted by molar-refractivity contribution is 0.0242. The molecular weight excluding hydrogens is 450 g/mol. The number of hydrogen-bond acceptors (Lipinski definition) is 6. The van der Waals surface area contributed by atoms with Crippen LogP contribution in [0.3, 0.4) is 0 Å². The van der Waals surface area contributed by atoms with Gasteiger partial charge in [0.25, 0.3) is 0 Å². The summed E-state index contributed by atoms with van der Waals surface area (Å²) in [7, 11) is 0. The van der Waals surface area contributed by atoms with Gasteiger partial charge in [0.2, 0.25) is 0 Å². The van der Waals surface area contributed by atoms with Gasteiger partial charge in [-0.25, -0.2) is 4.79 Å². The Morgan fingerprint density at radius 2 is 1.44 bits per heavy atom. The number of carbonyl (C=O) groups is 1. The Bertz CT molecular complexity index is 1230. The van der Waals surface area contributed by atoms with Crippen LogP contribution < -0.4 is 14.5 Å². The van der Waals surface area contributed by atoms with E-state index in [9.17, 15) is 4.79 Å². The number of esters is 1. The van der Waals surface area contributed by atoms with Crippen molar-refractivity contribution in [3.63, 3.8) is 0 Å². The van der Waals surface area contributed by atoms with E-state index < -0.39 is 5.60 Å². The van der Waals surface area contributed by atoms with E-state index in [1.54, 1.807) is 18.5 Å². The Kier molecular flexibility index (Phi) is 7.53. The summed E-state index contributed by atoms with van der Waals surface area (Å²) in [4.78, 5) is 22.2. The van der Waals surface area contributed by atoms with Gasteiger partial charge in [0.15, 0.2) is 5.60 Å². The van der Waals surface area contributed by atoms with Crippen LogP contribution in [0.1, 0.15) is 67.2 Å². The van der Waals surface area contributed by atoms with E-state index in [0.717, 1.165) is 59.8 Å². The van der Waals surface area contributed by atoms with E-state index in [1.165, 1.54) is 0 Å². The average molecular weight is 488 g/mol. The first-order valence-electron chi connectivity index (χ1n) is 13.0. The van der Waals surface area contributed by atoms with Gasteiger partial charge in [0.05, 0.1) is 12.2 Å². The minimum Gasteiger partial charge on any atom is -0.493 e. The monoisotopic (exact) mass is 487 g/mol. The van der Waals surface area contributed by atoms with Gasteiger partial charge in [-0.05, 0) is 77.4 Å². The van der Waals surface area contributed by atoms with Gasteiger partial charge in [0, 0.05) is 72.7 Å². The first-order chi connectivity index (χ1) is 17.4. The predicted molar refractivity (Wildman–Crippen MR) is 145 cm³/mol. The molecule has 0 fully saturated rings. The zero-order valence-corrected chi connectivity index (χ0v) is 22.3. The number of cyclic esters (lactones) is 1. The molecule has 0 aliphatic carbocycles. The lowest BCUT2D eigenvalue weighted by Crippen LogP contribution is -2.32. The molecule has 1 aromatic heterocycles. The van der Waals surface area contributed by atoms with Crippen LogP contribution in [0.5, 0.6) is 5.75 Å². The van der Waals surface area contributed by atoms with Gasteiger partial charge >= 0.3 is 5.97 Å². The smallest absolute Gasteiger partial charge is 0.340 e. The maximum atomic E-state index is 13.2. The number of carbonyl (C=O) groups excluding carboxylic acids is 1. The van der Waals surface area contributed by atoms with Crippen molar-refractivity contribution in [1.29, 1.82) is 0 Å². The summed E-state index contributed by atoms with van der Waals surface area (Å²) in [5, 5.41) is 0. The number of hydrogen-bond donors (Lipinski definition) is 0. The molecule has 36 heavy (non-hydrogen) atoms. The average Bonchev–Trinajstić information content (AvgIpc) is 3.19. The van der Waals surface area contributed by atoms with Crippen molar-refractivity contribution in [3.8, 4) is 5.75 Å². The number of ether oxygens (including phenoxy) is 2. The van der Waals surface area contributed by atoms with Gasteiger partial charge < -0.3 is 19.3 Å². The van der Waals surface area contributed by atoms with Crippen LogP contribution in [0.2, 0.25) is 0 Å². The first kappa shape index (κ1) is 25.5. The Labute approximate surface area is 214 Å². The zero-order chi connectivity index (χ0) is 25.9. The molecule has 0 saturated heterocycles. The number of rotatable bonds is 10. The van der Waals surface area contributed by atoms with Gasteiger partial charge in [-0.15, -0.1) is 0 Å². The molecule has 0 saturated carbocycles. The molecule has 0 amide bonds. The molecule has 2 aromatic carbocycles. The van der Waals surface area contributed by atoms with Crippen molar-refractivity contribution in [3.05, 3.63) is 82.7 Å². The predicted octanol–water partition coefficient (Wildman–Crippen LogP) is 5.94. The number of aryl methyl sites for hydroxylation is 1. The molecule has 2 heterocycles. The Balaban J connectivity index is 2.00. The Hall–Kier alpha value is -3.54. The fraction of sp³-hybridized carbons (Fsp3) is 0.400. The molecule has 0 radical (unpaired) electrons. The number of pyridine rings is 1. The highest BCUT2D eigenvalue weighted by Crippen LogP contribution is 2.51. The van der Waals surface area contributed by atoms with Crippen LogP contribution >= 0.6 is 0 Å². The third kappa shape index (κ3) is 4.19. The third-order valence-corrected chi connectivity index (χ3v) is 7.16. The van der Waals surface area contributed by atoms with Crippen LogP contribution in [0.25, 0.3) is 0 Å². The third-order valence-electron chi connectivity index (χ3n) is 7.16. The number of aromatic nitrogens is 1. The van der Waals surface area contributed by atoms with Crippen LogP contribution in [0, 0.1) is 6.92 Å². The fourth-order valence-electron chi connectivity index (χ4n) is 5.34. The van der Waals surface area contributed by atoms with Crippen molar-refractivity contribution in [1.82, 2.24) is 4.98 Å². The molecule has 4 rings (SSSR count). The summed E-state index contributed by atoms with van der Waals surface area (Å²) >= 11 is 0.